The number of halogens is 8. The van der Waals surface area contributed by atoms with E-state index in [4.69, 9.17) is 0 Å². The Kier molecular flexibility index (Phi) is 12.8. The van der Waals surface area contributed by atoms with Gasteiger partial charge in [-0.15, -0.1) is 10.2 Å². The fourth-order valence-electron chi connectivity index (χ4n) is 6.55. The highest BCUT2D eigenvalue weighted by molar-refractivity contribution is 8.28. The molecule has 2 aliphatic carbocycles. The number of aromatic nitrogens is 2. The van der Waals surface area contributed by atoms with Gasteiger partial charge in [0.2, 0.25) is 0 Å². The van der Waals surface area contributed by atoms with Crippen molar-refractivity contribution in [2.75, 3.05) is 0 Å². The highest BCUT2D eigenvalue weighted by Crippen LogP contribution is 2.60. The van der Waals surface area contributed by atoms with Gasteiger partial charge in [-0.05, 0) is 31.7 Å². The molecule has 0 spiro atoms. The lowest BCUT2D eigenvalue weighted by molar-refractivity contribution is 0.200. The number of nitrogens with zero attached hydrogens (tertiary/aromatic N) is 3. The van der Waals surface area contributed by atoms with Crippen LogP contribution in [-0.2, 0) is 6.42 Å². The van der Waals surface area contributed by atoms with Crippen LogP contribution >= 0.6 is 35.0 Å². The quantitative estimate of drug-likeness (QED) is 0.0741. The summed E-state index contributed by atoms with van der Waals surface area (Å²) in [4.78, 5) is 0. The van der Waals surface area contributed by atoms with Crippen molar-refractivity contribution in [1.82, 2.24) is 10.2 Å². The molecule has 0 amide bonds. The van der Waals surface area contributed by atoms with Gasteiger partial charge in [0.25, 0.3) is 0 Å². The third-order valence-corrected chi connectivity index (χ3v) is 12.6. The van der Waals surface area contributed by atoms with Crippen molar-refractivity contribution in [3.05, 3.63) is 61.6 Å². The molecular formula is C35H39F8N3S3. The van der Waals surface area contributed by atoms with Gasteiger partial charge in [0.15, 0.2) is 34.8 Å². The summed E-state index contributed by atoms with van der Waals surface area (Å²) in [7, 11) is 0. The summed E-state index contributed by atoms with van der Waals surface area (Å²) in [5, 5.41) is 7.51. The highest BCUT2D eigenvalue weighted by atomic mass is 32.2. The summed E-state index contributed by atoms with van der Waals surface area (Å²) in [6.07, 6.45) is 13.2. The Hall–Kier alpha value is -2.19. The molecular weight excluding hydrogens is 711 g/mol. The Morgan fingerprint density at radius 2 is 1.29 bits per heavy atom. The van der Waals surface area contributed by atoms with Gasteiger partial charge < -0.3 is 0 Å². The van der Waals surface area contributed by atoms with E-state index in [0.717, 1.165) is 112 Å². The van der Waals surface area contributed by atoms with E-state index in [1.54, 1.807) is 0 Å². The summed E-state index contributed by atoms with van der Waals surface area (Å²) in [5.41, 5.74) is -9.50. The zero-order valence-corrected chi connectivity index (χ0v) is 30.1. The van der Waals surface area contributed by atoms with Gasteiger partial charge in [-0.3, -0.25) is 0 Å². The van der Waals surface area contributed by atoms with E-state index < -0.39 is 85.2 Å². The van der Waals surface area contributed by atoms with Crippen LogP contribution in [0.2, 0.25) is 0 Å². The van der Waals surface area contributed by atoms with Crippen molar-refractivity contribution < 1.29 is 35.1 Å². The molecule has 3 nitrogen and oxygen atoms in total. The SMILES string of the molecule is CCCCCCCCc1nnc(C2=C(F)C(F)=C3c4c(F)c(F)c(C5=NSC(CCCCCCCC)S5)c(F)c4C(F)=C(F)C3C2(C)F)s1. The van der Waals surface area contributed by atoms with Crippen LogP contribution in [0.3, 0.4) is 0 Å². The molecule has 0 saturated heterocycles. The van der Waals surface area contributed by atoms with Crippen LogP contribution < -0.4 is 0 Å². The molecule has 2 heterocycles. The van der Waals surface area contributed by atoms with E-state index in [1.807, 2.05) is 0 Å². The predicted molar refractivity (Wildman–Crippen MR) is 185 cm³/mol. The Morgan fingerprint density at radius 1 is 0.673 bits per heavy atom. The highest BCUT2D eigenvalue weighted by Gasteiger charge is 2.56. The van der Waals surface area contributed by atoms with Gasteiger partial charge >= 0.3 is 0 Å². The number of hydrogen-bond donors (Lipinski definition) is 0. The maximum absolute atomic E-state index is 16.7. The molecule has 0 saturated carbocycles. The molecule has 1 aromatic heterocycles. The number of hydrogen-bond acceptors (Lipinski definition) is 6. The molecule has 1 aromatic carbocycles. The minimum absolute atomic E-state index is 0.240. The van der Waals surface area contributed by atoms with Gasteiger partial charge in [0.1, 0.15) is 26.7 Å². The van der Waals surface area contributed by atoms with Crippen molar-refractivity contribution in [2.45, 2.75) is 121 Å². The van der Waals surface area contributed by atoms with Crippen LogP contribution in [0.15, 0.2) is 21.9 Å². The Bertz CT molecular complexity index is 1680. The standard InChI is InChI=1S/C35H39F8N3S3/c1-4-6-8-10-12-14-16-18-44-45-34(47-18)25-32(42)28(38)21-20-22(29(39)31(41)24(21)35(25,3)43)26(36)23(30(40)27(20)37)33-46-49-19(48-33)17-15-13-11-9-7-5-2/h19,24H,4-17H2,1-3H3. The van der Waals surface area contributed by atoms with Gasteiger partial charge in [-0.2, -0.15) is 0 Å². The van der Waals surface area contributed by atoms with Gasteiger partial charge in [0, 0.05) is 17.6 Å². The molecule has 0 radical (unpaired) electrons. The molecule has 268 valence electrons. The molecule has 49 heavy (non-hydrogen) atoms. The lowest BCUT2D eigenvalue weighted by Crippen LogP contribution is -2.39. The molecule has 0 bridgehead atoms. The summed E-state index contributed by atoms with van der Waals surface area (Å²) in [6, 6.07) is 0. The average molecular weight is 750 g/mol. The third kappa shape index (κ3) is 7.56. The first-order valence-corrected chi connectivity index (χ1v) is 19.5. The van der Waals surface area contributed by atoms with E-state index in [0.29, 0.717) is 24.8 Å². The Labute approximate surface area is 294 Å². The van der Waals surface area contributed by atoms with Gasteiger partial charge in [-0.1, -0.05) is 108 Å². The number of allylic oxidation sites excluding steroid dienone is 5. The minimum Gasteiger partial charge on any atom is -0.238 e. The summed E-state index contributed by atoms with van der Waals surface area (Å²) in [5.74, 6) is -15.9. The van der Waals surface area contributed by atoms with Crippen LogP contribution in [0.25, 0.3) is 17.0 Å². The zero-order chi connectivity index (χ0) is 35.5. The summed E-state index contributed by atoms with van der Waals surface area (Å²) >= 11 is 2.78. The van der Waals surface area contributed by atoms with Crippen molar-refractivity contribution in [1.29, 1.82) is 0 Å². The molecule has 0 N–H and O–H groups in total. The predicted octanol–water partition coefficient (Wildman–Crippen LogP) is 13.1. The van der Waals surface area contributed by atoms with Crippen LogP contribution in [0.4, 0.5) is 35.1 Å². The zero-order valence-electron chi connectivity index (χ0n) is 27.6. The number of aryl methyl sites for hydroxylation is 1. The second-order valence-corrected chi connectivity index (χ2v) is 16.3. The molecule has 2 aromatic rings. The normalized spacial score (nSPS) is 22.3. The number of alkyl halides is 1. The lowest BCUT2D eigenvalue weighted by Gasteiger charge is -2.39. The minimum atomic E-state index is -3.24. The van der Waals surface area contributed by atoms with E-state index in [1.165, 1.54) is 0 Å². The molecule has 0 fully saturated rings. The van der Waals surface area contributed by atoms with Gasteiger partial charge in [-0.25, -0.2) is 39.5 Å². The summed E-state index contributed by atoms with van der Waals surface area (Å²) in [6.45, 7) is 4.89. The largest absolute Gasteiger partial charge is 0.238 e. The molecule has 3 atom stereocenters. The molecule has 14 heteroatoms. The van der Waals surface area contributed by atoms with Gasteiger partial charge in [0.05, 0.1) is 27.2 Å². The van der Waals surface area contributed by atoms with E-state index in [9.17, 15) is 0 Å². The smallest absolute Gasteiger partial charge is 0.172 e. The van der Waals surface area contributed by atoms with E-state index in [-0.39, 0.29) is 9.63 Å². The van der Waals surface area contributed by atoms with Crippen molar-refractivity contribution in [3.8, 4) is 0 Å². The first-order valence-electron chi connectivity index (χ1n) is 16.9. The maximum Gasteiger partial charge on any atom is 0.172 e. The van der Waals surface area contributed by atoms with Crippen LogP contribution in [0.5, 0.6) is 0 Å². The monoisotopic (exact) mass is 749 g/mol. The van der Waals surface area contributed by atoms with E-state index >= 15 is 35.1 Å². The number of rotatable bonds is 16. The summed E-state index contributed by atoms with van der Waals surface area (Å²) < 4.78 is 131. The van der Waals surface area contributed by atoms with Crippen LogP contribution in [0.1, 0.15) is 131 Å². The number of fused-ring (bicyclic) bond motifs is 3. The molecule has 3 unspecified atom stereocenters. The molecule has 3 aliphatic rings. The average Bonchev–Trinajstić information content (AvgIpc) is 3.73. The van der Waals surface area contributed by atoms with Crippen LogP contribution in [-0.4, -0.2) is 25.5 Å². The fraction of sp³-hybridized carbons (Fsp3) is 0.571. The number of unbranched alkanes of at least 4 members (excludes halogenated alkanes) is 10. The second kappa shape index (κ2) is 16.4. The lowest BCUT2D eigenvalue weighted by atomic mass is 9.68. The Balaban J connectivity index is 1.46. The first kappa shape index (κ1) is 38.1. The molecule has 5 rings (SSSR count). The Morgan fingerprint density at radius 3 is 1.96 bits per heavy atom. The first-order chi connectivity index (χ1) is 23.4. The second-order valence-electron chi connectivity index (χ2n) is 12.8. The maximum atomic E-state index is 16.7. The van der Waals surface area contributed by atoms with Crippen molar-refractivity contribution in [2.24, 2.45) is 10.3 Å². The topological polar surface area (TPSA) is 38.1 Å². The molecule has 1 aliphatic heterocycles. The number of benzene rings is 1. The van der Waals surface area contributed by atoms with Crippen molar-refractivity contribution >= 4 is 57.1 Å². The van der Waals surface area contributed by atoms with Crippen LogP contribution in [0, 0.1) is 23.4 Å². The fourth-order valence-corrected chi connectivity index (χ4v) is 9.86. The number of thioether (sulfide) groups is 1. The van der Waals surface area contributed by atoms with Crippen molar-refractivity contribution in [3.63, 3.8) is 0 Å². The third-order valence-electron chi connectivity index (χ3n) is 9.17. The van der Waals surface area contributed by atoms with E-state index in [2.05, 4.69) is 28.4 Å².